The van der Waals surface area contributed by atoms with Crippen LogP contribution >= 0.6 is 11.6 Å². The summed E-state index contributed by atoms with van der Waals surface area (Å²) in [6, 6.07) is 7.90. The Morgan fingerprint density at radius 1 is 1.35 bits per heavy atom. The summed E-state index contributed by atoms with van der Waals surface area (Å²) in [6.45, 7) is 6.53. The van der Waals surface area contributed by atoms with E-state index in [9.17, 15) is 4.79 Å². The van der Waals surface area contributed by atoms with Gasteiger partial charge in [-0.1, -0.05) is 43.6 Å². The molecule has 17 heavy (non-hydrogen) atoms. The number of Topliss-reactive ketones (excluding diaryl/α,β-unsaturated/α-hetero) is 1. The highest BCUT2D eigenvalue weighted by molar-refractivity contribution is 6.31. The second kappa shape index (κ2) is 4.79. The zero-order valence-electron chi connectivity index (χ0n) is 10.4. The van der Waals surface area contributed by atoms with Crippen LogP contribution in [0.1, 0.15) is 25.8 Å². The number of halogens is 1. The molecular weight excluding hydrogens is 234 g/mol. The number of nitrogens with zero attached hydrogens (tertiary/aromatic N) is 1. The van der Waals surface area contributed by atoms with Gasteiger partial charge in [-0.3, -0.25) is 9.69 Å². The van der Waals surface area contributed by atoms with Crippen molar-refractivity contribution in [1.82, 2.24) is 4.90 Å². The molecule has 0 aromatic heterocycles. The van der Waals surface area contributed by atoms with Gasteiger partial charge in [0.25, 0.3) is 0 Å². The fourth-order valence-corrected chi connectivity index (χ4v) is 2.52. The van der Waals surface area contributed by atoms with Crippen LogP contribution in [0.5, 0.6) is 0 Å². The minimum absolute atomic E-state index is 0.223. The number of rotatable bonds is 2. The summed E-state index contributed by atoms with van der Waals surface area (Å²) in [5, 5.41) is 0.808. The van der Waals surface area contributed by atoms with Crippen LogP contribution in [0.25, 0.3) is 0 Å². The van der Waals surface area contributed by atoms with Crippen molar-refractivity contribution in [3.8, 4) is 0 Å². The number of piperidine rings is 1. The van der Waals surface area contributed by atoms with E-state index in [-0.39, 0.29) is 5.41 Å². The number of carbonyl (C=O) groups is 1. The average Bonchev–Trinajstić information content (AvgIpc) is 2.26. The fraction of sp³-hybridized carbons (Fsp3) is 0.500. The first-order valence-electron chi connectivity index (χ1n) is 5.98. The van der Waals surface area contributed by atoms with Crippen LogP contribution < -0.4 is 0 Å². The Morgan fingerprint density at radius 3 is 2.71 bits per heavy atom. The molecule has 1 aliphatic heterocycles. The van der Waals surface area contributed by atoms with Crippen molar-refractivity contribution in [2.24, 2.45) is 5.41 Å². The Bertz CT molecular complexity index is 428. The SMILES string of the molecule is CC1(C)CN(Cc2ccccc2Cl)CCC1=O. The van der Waals surface area contributed by atoms with Gasteiger partial charge in [-0.15, -0.1) is 0 Å². The lowest BCUT2D eigenvalue weighted by Gasteiger charge is -2.36. The van der Waals surface area contributed by atoms with Gasteiger partial charge in [0.2, 0.25) is 0 Å². The number of benzene rings is 1. The molecule has 0 aliphatic carbocycles. The lowest BCUT2D eigenvalue weighted by Crippen LogP contribution is -2.45. The first-order chi connectivity index (χ1) is 7.99. The Balaban J connectivity index is 2.06. The van der Waals surface area contributed by atoms with Gasteiger partial charge in [-0.2, -0.15) is 0 Å². The van der Waals surface area contributed by atoms with E-state index in [4.69, 9.17) is 11.6 Å². The Kier molecular flexibility index (Phi) is 3.55. The number of likely N-dealkylation sites (tertiary alicyclic amines) is 1. The number of ketones is 1. The zero-order valence-corrected chi connectivity index (χ0v) is 11.1. The van der Waals surface area contributed by atoms with Crippen LogP contribution in [0.3, 0.4) is 0 Å². The molecule has 1 saturated heterocycles. The van der Waals surface area contributed by atoms with E-state index < -0.39 is 0 Å². The topological polar surface area (TPSA) is 20.3 Å². The molecule has 92 valence electrons. The molecule has 1 aromatic rings. The highest BCUT2D eigenvalue weighted by Gasteiger charge is 2.33. The van der Waals surface area contributed by atoms with Crippen molar-refractivity contribution >= 4 is 17.4 Å². The lowest BCUT2D eigenvalue weighted by atomic mass is 9.82. The normalized spacial score (nSPS) is 20.5. The summed E-state index contributed by atoms with van der Waals surface area (Å²) >= 11 is 6.15. The summed E-state index contributed by atoms with van der Waals surface area (Å²) in [5.41, 5.74) is 0.916. The van der Waals surface area contributed by atoms with Crippen molar-refractivity contribution in [3.05, 3.63) is 34.9 Å². The minimum atomic E-state index is -0.223. The van der Waals surface area contributed by atoms with Crippen LogP contribution in [0, 0.1) is 5.41 Å². The zero-order chi connectivity index (χ0) is 12.5. The number of hydrogen-bond acceptors (Lipinski definition) is 2. The fourth-order valence-electron chi connectivity index (χ4n) is 2.33. The molecule has 0 atom stereocenters. The monoisotopic (exact) mass is 251 g/mol. The molecule has 1 fully saturated rings. The van der Waals surface area contributed by atoms with Gasteiger partial charge in [0.05, 0.1) is 0 Å². The summed E-state index contributed by atoms with van der Waals surface area (Å²) in [7, 11) is 0. The molecule has 1 heterocycles. The van der Waals surface area contributed by atoms with Crippen molar-refractivity contribution < 1.29 is 4.79 Å². The van der Waals surface area contributed by atoms with Crippen molar-refractivity contribution in [2.45, 2.75) is 26.8 Å². The maximum atomic E-state index is 11.7. The van der Waals surface area contributed by atoms with Crippen LogP contribution in [-0.4, -0.2) is 23.8 Å². The van der Waals surface area contributed by atoms with Crippen LogP contribution in [0.15, 0.2) is 24.3 Å². The second-order valence-corrected chi connectivity index (χ2v) is 5.77. The van der Waals surface area contributed by atoms with E-state index in [0.29, 0.717) is 12.2 Å². The largest absolute Gasteiger partial charge is 0.299 e. The lowest BCUT2D eigenvalue weighted by molar-refractivity contribution is -0.131. The Hall–Kier alpha value is -0.860. The van der Waals surface area contributed by atoms with Gasteiger partial charge in [0, 0.05) is 36.5 Å². The summed E-state index contributed by atoms with van der Waals surface area (Å²) < 4.78 is 0. The average molecular weight is 252 g/mol. The predicted molar refractivity (Wildman–Crippen MR) is 70.1 cm³/mol. The molecule has 0 N–H and O–H groups in total. The van der Waals surface area contributed by atoms with Crippen LogP contribution in [0.4, 0.5) is 0 Å². The smallest absolute Gasteiger partial charge is 0.141 e. The maximum absolute atomic E-state index is 11.7. The third-order valence-electron chi connectivity index (χ3n) is 3.38. The molecule has 2 nitrogen and oxygen atoms in total. The molecule has 0 saturated carbocycles. The molecule has 0 spiro atoms. The van der Waals surface area contributed by atoms with E-state index in [1.165, 1.54) is 0 Å². The molecule has 2 rings (SSSR count). The van der Waals surface area contributed by atoms with E-state index >= 15 is 0 Å². The van der Waals surface area contributed by atoms with Gasteiger partial charge in [0.15, 0.2) is 0 Å². The third kappa shape index (κ3) is 2.88. The molecule has 0 amide bonds. The Labute approximate surface area is 108 Å². The van der Waals surface area contributed by atoms with E-state index in [0.717, 1.165) is 30.2 Å². The molecule has 0 unspecified atom stereocenters. The van der Waals surface area contributed by atoms with E-state index in [1.807, 2.05) is 38.1 Å². The first kappa shape index (κ1) is 12.6. The molecule has 1 aromatic carbocycles. The highest BCUT2D eigenvalue weighted by atomic mass is 35.5. The third-order valence-corrected chi connectivity index (χ3v) is 3.75. The maximum Gasteiger partial charge on any atom is 0.141 e. The standard InChI is InChI=1S/C14H18ClNO/c1-14(2)10-16(8-7-13(14)17)9-11-5-3-4-6-12(11)15/h3-6H,7-10H2,1-2H3. The predicted octanol–water partition coefficient (Wildman–Crippen LogP) is 3.14. The molecule has 3 heteroatoms. The minimum Gasteiger partial charge on any atom is -0.299 e. The number of hydrogen-bond donors (Lipinski definition) is 0. The van der Waals surface area contributed by atoms with Crippen molar-refractivity contribution in [1.29, 1.82) is 0 Å². The summed E-state index contributed by atoms with van der Waals surface area (Å²) in [6.07, 6.45) is 0.650. The Morgan fingerprint density at radius 2 is 2.06 bits per heavy atom. The first-order valence-corrected chi connectivity index (χ1v) is 6.36. The van der Waals surface area contributed by atoms with Gasteiger partial charge in [0.1, 0.15) is 5.78 Å². The van der Waals surface area contributed by atoms with Crippen molar-refractivity contribution in [3.63, 3.8) is 0 Å². The van der Waals surface area contributed by atoms with Crippen LogP contribution in [0.2, 0.25) is 5.02 Å². The molecule has 0 bridgehead atoms. The van der Waals surface area contributed by atoms with Gasteiger partial charge in [-0.25, -0.2) is 0 Å². The summed E-state index contributed by atoms with van der Waals surface area (Å²) in [5.74, 6) is 0.368. The number of carbonyl (C=O) groups excluding carboxylic acids is 1. The van der Waals surface area contributed by atoms with Gasteiger partial charge in [-0.05, 0) is 11.6 Å². The van der Waals surface area contributed by atoms with Gasteiger partial charge < -0.3 is 0 Å². The molecular formula is C14H18ClNO. The van der Waals surface area contributed by atoms with E-state index in [1.54, 1.807) is 0 Å². The molecule has 0 radical (unpaired) electrons. The van der Waals surface area contributed by atoms with Crippen LogP contribution in [-0.2, 0) is 11.3 Å². The second-order valence-electron chi connectivity index (χ2n) is 5.36. The molecule has 1 aliphatic rings. The summed E-state index contributed by atoms with van der Waals surface area (Å²) in [4.78, 5) is 14.0. The van der Waals surface area contributed by atoms with Crippen molar-refractivity contribution in [2.75, 3.05) is 13.1 Å². The van der Waals surface area contributed by atoms with Gasteiger partial charge >= 0.3 is 0 Å². The highest BCUT2D eigenvalue weighted by Crippen LogP contribution is 2.27. The quantitative estimate of drug-likeness (QED) is 0.805. The van der Waals surface area contributed by atoms with E-state index in [2.05, 4.69) is 4.90 Å².